The SMILES string of the molecule is CCCN(C1CCC(N)CC1)C(CC)c1cccc(Br)c1. The van der Waals surface area contributed by atoms with Crippen molar-refractivity contribution in [3.8, 4) is 0 Å². The molecule has 118 valence electrons. The average Bonchev–Trinajstić information content (AvgIpc) is 2.48. The molecule has 1 aliphatic rings. The summed E-state index contributed by atoms with van der Waals surface area (Å²) < 4.78 is 1.18. The van der Waals surface area contributed by atoms with Gasteiger partial charge >= 0.3 is 0 Å². The van der Waals surface area contributed by atoms with Gasteiger partial charge in [0.1, 0.15) is 0 Å². The molecule has 1 aromatic rings. The Labute approximate surface area is 138 Å². The number of nitrogens with two attached hydrogens (primary N) is 1. The maximum Gasteiger partial charge on any atom is 0.0348 e. The highest BCUT2D eigenvalue weighted by Gasteiger charge is 2.28. The molecule has 0 spiro atoms. The van der Waals surface area contributed by atoms with E-state index in [-0.39, 0.29) is 0 Å². The monoisotopic (exact) mass is 352 g/mol. The van der Waals surface area contributed by atoms with Crippen LogP contribution in [0.15, 0.2) is 28.7 Å². The topological polar surface area (TPSA) is 29.3 Å². The van der Waals surface area contributed by atoms with E-state index < -0.39 is 0 Å². The Bertz CT molecular complexity index is 427. The van der Waals surface area contributed by atoms with Gasteiger partial charge in [0.2, 0.25) is 0 Å². The number of hydrogen-bond donors (Lipinski definition) is 1. The molecule has 3 heteroatoms. The molecule has 21 heavy (non-hydrogen) atoms. The number of halogens is 1. The molecule has 0 amide bonds. The Morgan fingerprint density at radius 3 is 2.52 bits per heavy atom. The van der Waals surface area contributed by atoms with E-state index >= 15 is 0 Å². The van der Waals surface area contributed by atoms with Crippen LogP contribution in [0.4, 0.5) is 0 Å². The van der Waals surface area contributed by atoms with Gasteiger partial charge in [-0.25, -0.2) is 0 Å². The van der Waals surface area contributed by atoms with Gasteiger partial charge in [-0.2, -0.15) is 0 Å². The number of rotatable bonds is 6. The fraction of sp³-hybridized carbons (Fsp3) is 0.667. The van der Waals surface area contributed by atoms with Crippen molar-refractivity contribution in [3.05, 3.63) is 34.3 Å². The van der Waals surface area contributed by atoms with Crippen LogP contribution in [0.3, 0.4) is 0 Å². The van der Waals surface area contributed by atoms with Crippen LogP contribution in [-0.4, -0.2) is 23.5 Å². The molecule has 2 N–H and O–H groups in total. The van der Waals surface area contributed by atoms with Crippen molar-refractivity contribution in [2.45, 2.75) is 70.5 Å². The molecule has 1 saturated carbocycles. The molecule has 1 atom stereocenters. The van der Waals surface area contributed by atoms with Crippen molar-refractivity contribution in [2.75, 3.05) is 6.54 Å². The zero-order valence-electron chi connectivity index (χ0n) is 13.4. The lowest BCUT2D eigenvalue weighted by molar-refractivity contribution is 0.0962. The molecule has 1 fully saturated rings. The minimum absolute atomic E-state index is 0.427. The van der Waals surface area contributed by atoms with Gasteiger partial charge in [-0.15, -0.1) is 0 Å². The summed E-state index contributed by atoms with van der Waals surface area (Å²) in [7, 11) is 0. The first-order chi connectivity index (χ1) is 10.2. The third-order valence-corrected chi connectivity index (χ3v) is 5.21. The lowest BCUT2D eigenvalue weighted by atomic mass is 9.88. The van der Waals surface area contributed by atoms with Crippen LogP contribution in [0.25, 0.3) is 0 Å². The van der Waals surface area contributed by atoms with Gasteiger partial charge < -0.3 is 5.73 Å². The van der Waals surface area contributed by atoms with E-state index in [4.69, 9.17) is 5.73 Å². The number of nitrogens with zero attached hydrogens (tertiary/aromatic N) is 1. The molecule has 1 aliphatic carbocycles. The highest BCUT2D eigenvalue weighted by Crippen LogP contribution is 2.33. The van der Waals surface area contributed by atoms with Gasteiger partial charge in [-0.1, -0.05) is 41.9 Å². The van der Waals surface area contributed by atoms with Crippen LogP contribution >= 0.6 is 15.9 Å². The highest BCUT2D eigenvalue weighted by atomic mass is 79.9. The first-order valence-electron chi connectivity index (χ1n) is 8.42. The quantitative estimate of drug-likeness (QED) is 0.790. The Hall–Kier alpha value is -0.380. The van der Waals surface area contributed by atoms with Gasteiger partial charge in [0.25, 0.3) is 0 Å². The van der Waals surface area contributed by atoms with Crippen molar-refractivity contribution in [1.29, 1.82) is 0 Å². The van der Waals surface area contributed by atoms with Gasteiger partial charge in [0.05, 0.1) is 0 Å². The second-order valence-electron chi connectivity index (χ2n) is 6.29. The third-order valence-electron chi connectivity index (χ3n) is 4.71. The predicted octanol–water partition coefficient (Wildman–Crippen LogP) is 4.88. The van der Waals surface area contributed by atoms with Crippen LogP contribution in [0.1, 0.15) is 64.0 Å². The fourth-order valence-electron chi connectivity index (χ4n) is 3.66. The fourth-order valence-corrected chi connectivity index (χ4v) is 4.08. The Balaban J connectivity index is 2.17. The minimum atomic E-state index is 0.427. The summed E-state index contributed by atoms with van der Waals surface area (Å²) in [4.78, 5) is 2.74. The molecule has 0 aromatic heterocycles. The van der Waals surface area contributed by atoms with Crippen molar-refractivity contribution >= 4 is 15.9 Å². The zero-order chi connectivity index (χ0) is 15.2. The van der Waals surface area contributed by atoms with Crippen LogP contribution in [0, 0.1) is 0 Å². The molecule has 0 heterocycles. The summed E-state index contributed by atoms with van der Waals surface area (Å²) in [5, 5.41) is 0. The lowest BCUT2D eigenvalue weighted by Crippen LogP contribution is -2.43. The van der Waals surface area contributed by atoms with E-state index in [1.54, 1.807) is 0 Å². The van der Waals surface area contributed by atoms with Crippen molar-refractivity contribution in [1.82, 2.24) is 4.90 Å². The first-order valence-corrected chi connectivity index (χ1v) is 9.21. The number of hydrogen-bond acceptors (Lipinski definition) is 2. The largest absolute Gasteiger partial charge is 0.328 e. The predicted molar refractivity (Wildman–Crippen MR) is 94.4 cm³/mol. The third kappa shape index (κ3) is 4.54. The van der Waals surface area contributed by atoms with E-state index in [1.165, 1.54) is 55.1 Å². The Morgan fingerprint density at radius 2 is 1.95 bits per heavy atom. The van der Waals surface area contributed by atoms with Crippen LogP contribution < -0.4 is 5.73 Å². The first kappa shape index (κ1) is 17.0. The van der Waals surface area contributed by atoms with Crippen LogP contribution in [-0.2, 0) is 0 Å². The number of benzene rings is 1. The van der Waals surface area contributed by atoms with E-state index in [9.17, 15) is 0 Å². The zero-order valence-corrected chi connectivity index (χ0v) is 15.0. The molecule has 0 bridgehead atoms. The van der Waals surface area contributed by atoms with E-state index in [0.29, 0.717) is 18.1 Å². The van der Waals surface area contributed by atoms with E-state index in [2.05, 4.69) is 58.9 Å². The maximum atomic E-state index is 6.09. The molecule has 1 unspecified atom stereocenters. The molecule has 0 aliphatic heterocycles. The molecular weight excluding hydrogens is 324 g/mol. The lowest BCUT2D eigenvalue weighted by Gasteiger charge is -2.41. The van der Waals surface area contributed by atoms with E-state index in [1.807, 2.05) is 0 Å². The molecule has 1 aromatic carbocycles. The molecule has 2 nitrogen and oxygen atoms in total. The minimum Gasteiger partial charge on any atom is -0.328 e. The van der Waals surface area contributed by atoms with E-state index in [0.717, 1.165) is 0 Å². The van der Waals surface area contributed by atoms with Gasteiger partial charge in [0, 0.05) is 22.6 Å². The molecule has 0 radical (unpaired) electrons. The summed E-state index contributed by atoms with van der Waals surface area (Å²) in [6.07, 6.45) is 7.25. The normalized spacial score (nSPS) is 24.2. The smallest absolute Gasteiger partial charge is 0.0348 e. The van der Waals surface area contributed by atoms with Gasteiger partial charge in [-0.3, -0.25) is 4.90 Å². The van der Waals surface area contributed by atoms with Crippen molar-refractivity contribution < 1.29 is 0 Å². The standard InChI is InChI=1S/C18H29BrN2/c1-3-12-21(17-10-8-16(20)9-11-17)18(4-2)14-6-5-7-15(19)13-14/h5-7,13,16-18H,3-4,8-12,20H2,1-2H3. The van der Waals surface area contributed by atoms with Gasteiger partial charge in [-0.05, 0) is 62.8 Å². The molecule has 2 rings (SSSR count). The summed E-state index contributed by atoms with van der Waals surface area (Å²) in [6, 6.07) is 10.5. The summed E-state index contributed by atoms with van der Waals surface area (Å²) in [6.45, 7) is 5.78. The Kier molecular flexibility index (Phi) is 6.72. The van der Waals surface area contributed by atoms with Gasteiger partial charge in [0.15, 0.2) is 0 Å². The highest BCUT2D eigenvalue weighted by molar-refractivity contribution is 9.10. The van der Waals surface area contributed by atoms with Crippen molar-refractivity contribution in [2.24, 2.45) is 5.73 Å². The Morgan fingerprint density at radius 1 is 1.24 bits per heavy atom. The second-order valence-corrected chi connectivity index (χ2v) is 7.20. The summed E-state index contributed by atoms with van der Waals surface area (Å²) in [5.41, 5.74) is 7.53. The second kappa shape index (κ2) is 8.30. The molecular formula is C18H29BrN2. The average molecular weight is 353 g/mol. The molecule has 0 saturated heterocycles. The summed E-state index contributed by atoms with van der Waals surface area (Å²) >= 11 is 3.62. The summed E-state index contributed by atoms with van der Waals surface area (Å²) in [5.74, 6) is 0. The van der Waals surface area contributed by atoms with Crippen LogP contribution in [0.2, 0.25) is 0 Å². The van der Waals surface area contributed by atoms with Crippen LogP contribution in [0.5, 0.6) is 0 Å². The maximum absolute atomic E-state index is 6.09. The van der Waals surface area contributed by atoms with Crippen molar-refractivity contribution in [3.63, 3.8) is 0 Å².